The number of carboxylic acids is 8. The summed E-state index contributed by atoms with van der Waals surface area (Å²) in [6.07, 6.45) is 4.93. The number of nitrogens with zero attached hydrogens (tertiary/aromatic N) is 10. The first-order chi connectivity index (χ1) is 37.1. The maximum atomic E-state index is 11.8. The van der Waals surface area contributed by atoms with Gasteiger partial charge in [-0.1, -0.05) is 24.4 Å². The number of carboxylic acid groups (broad SMARTS) is 8. The summed E-state index contributed by atoms with van der Waals surface area (Å²) in [6.45, 7) is 0. The van der Waals surface area contributed by atoms with Gasteiger partial charge in [0.15, 0.2) is 0 Å². The van der Waals surface area contributed by atoms with Crippen LogP contribution in [-0.2, 0) is 19.5 Å². The van der Waals surface area contributed by atoms with Gasteiger partial charge >= 0.3 is 67.2 Å². The minimum atomic E-state index is -1.32. The van der Waals surface area contributed by atoms with Gasteiger partial charge in [0, 0.05) is 24.8 Å². The standard InChI is InChI=1S/2C24H14N4O8.2CNS.Ru/c2*29-21(30)11-1-3-25-15(5-11)17-7-13(23(33)34)9-19(27-17)20-10-14(24(35)36)8-18(28-20)16-6-12(22(31)32)2-4-26-16;2*2-1-3;/h2*1-10H,(H,29,30)(H,31,32)(H,33,34)(H,35,36);;;/q;;2*-1;+2. The summed E-state index contributed by atoms with van der Waals surface area (Å²) < 4.78 is 0. The molecule has 0 aliphatic heterocycles. The molecule has 0 aliphatic carbocycles. The van der Waals surface area contributed by atoms with E-state index >= 15 is 0 Å². The quantitative estimate of drug-likeness (QED) is 0.0298. The van der Waals surface area contributed by atoms with Crippen LogP contribution in [0.2, 0.25) is 0 Å². The van der Waals surface area contributed by atoms with Crippen molar-refractivity contribution in [3.05, 3.63) is 177 Å². The molecule has 8 aromatic heterocycles. The number of aromatic nitrogens is 8. The average molecular weight is 1190 g/mol. The molecule has 0 atom stereocenters. The van der Waals surface area contributed by atoms with Gasteiger partial charge in [-0.15, -0.1) is 0 Å². The van der Waals surface area contributed by atoms with E-state index in [0.29, 0.717) is 0 Å². The Morgan fingerprint density at radius 1 is 0.291 bits per heavy atom. The van der Waals surface area contributed by atoms with E-state index in [1.807, 2.05) is 0 Å². The fourth-order valence-corrected chi connectivity index (χ4v) is 6.48. The molecule has 394 valence electrons. The van der Waals surface area contributed by atoms with Crippen LogP contribution >= 0.6 is 24.4 Å². The van der Waals surface area contributed by atoms with Gasteiger partial charge in [-0.05, 0) is 97.1 Å². The Labute approximate surface area is 464 Å². The van der Waals surface area contributed by atoms with Crippen molar-refractivity contribution < 1.29 is 98.7 Å². The third-order valence-electron chi connectivity index (χ3n) is 9.89. The van der Waals surface area contributed by atoms with Crippen molar-refractivity contribution in [2.45, 2.75) is 0 Å². The summed E-state index contributed by atoms with van der Waals surface area (Å²) in [6, 6.07) is 19.4. The van der Waals surface area contributed by atoms with Gasteiger partial charge in [0.1, 0.15) is 0 Å². The second-order valence-corrected chi connectivity index (χ2v) is 15.2. The first-order valence-corrected chi connectivity index (χ1v) is 21.7. The van der Waals surface area contributed by atoms with Gasteiger partial charge in [0.25, 0.3) is 0 Å². The Hall–Kier alpha value is -10.8. The van der Waals surface area contributed by atoms with E-state index < -0.39 is 47.8 Å². The molecule has 0 saturated heterocycles. The molecule has 8 rings (SSSR count). The summed E-state index contributed by atoms with van der Waals surface area (Å²) in [5.41, 5.74) is -1.08. The van der Waals surface area contributed by atoms with E-state index in [9.17, 15) is 79.2 Å². The molecule has 0 bridgehead atoms. The van der Waals surface area contributed by atoms with E-state index in [1.54, 1.807) is 0 Å². The minimum Gasteiger partial charge on any atom is -0.753 e. The summed E-state index contributed by atoms with van der Waals surface area (Å²) in [4.78, 5) is 126. The van der Waals surface area contributed by atoms with Crippen LogP contribution in [0, 0.1) is 0 Å². The maximum Gasteiger partial charge on any atom is 2.00 e. The van der Waals surface area contributed by atoms with E-state index in [-0.39, 0.29) is 132 Å². The van der Waals surface area contributed by atoms with Gasteiger partial charge in [-0.3, -0.25) is 19.9 Å². The number of pyridine rings is 8. The number of hydrogen-bond donors (Lipinski definition) is 8. The molecule has 8 N–H and O–H groups in total. The Balaban J connectivity index is 0.000000306. The zero-order chi connectivity index (χ0) is 57.4. The van der Waals surface area contributed by atoms with Gasteiger partial charge in [-0.2, -0.15) is 10.3 Å². The number of hydrogen-bond acceptors (Lipinski definition) is 18. The fraction of sp³-hybridized carbons (Fsp3) is 0. The van der Waals surface area contributed by atoms with Crippen LogP contribution in [0.1, 0.15) is 82.9 Å². The molecule has 8 heterocycles. The van der Waals surface area contributed by atoms with Crippen molar-refractivity contribution in [1.29, 1.82) is 0 Å². The van der Waals surface area contributed by atoms with Crippen LogP contribution in [0.5, 0.6) is 0 Å². The summed E-state index contributed by atoms with van der Waals surface area (Å²) in [7, 11) is 0. The van der Waals surface area contributed by atoms with Crippen molar-refractivity contribution in [3.63, 3.8) is 0 Å². The Kier molecular flexibility index (Phi) is 21.2. The molecule has 0 spiro atoms. The third-order valence-corrected chi connectivity index (χ3v) is 9.89. The third kappa shape index (κ3) is 16.1. The zero-order valence-electron chi connectivity index (χ0n) is 39.0. The molecule has 0 aromatic carbocycles. The van der Waals surface area contributed by atoms with Gasteiger partial charge in [0.05, 0.1) is 113 Å². The predicted molar refractivity (Wildman–Crippen MR) is 275 cm³/mol. The molecule has 8 aromatic rings. The molecule has 0 unspecified atom stereocenters. The Bertz CT molecular complexity index is 3360. The van der Waals surface area contributed by atoms with E-state index in [1.165, 1.54) is 132 Å². The summed E-state index contributed by atoms with van der Waals surface area (Å²) in [5.74, 6) is -10.1. The average Bonchev–Trinajstić information content (AvgIpc) is 3.43. The molecular formula is C50H28N10O16RuS2. The molecule has 26 nitrogen and oxygen atoms in total. The second-order valence-electron chi connectivity index (χ2n) is 14.8. The first-order valence-electron chi connectivity index (χ1n) is 20.9. The van der Waals surface area contributed by atoms with Crippen LogP contribution < -0.4 is 0 Å². The Morgan fingerprint density at radius 3 is 0.557 bits per heavy atom. The maximum absolute atomic E-state index is 11.8. The topological polar surface area (TPSA) is 446 Å². The summed E-state index contributed by atoms with van der Waals surface area (Å²) >= 11 is 7.40. The van der Waals surface area contributed by atoms with E-state index in [0.717, 1.165) is 0 Å². The molecule has 0 aliphatic rings. The first kappa shape index (κ1) is 60.7. The van der Waals surface area contributed by atoms with Gasteiger partial charge in [0.2, 0.25) is 0 Å². The second kappa shape index (κ2) is 27.6. The van der Waals surface area contributed by atoms with Crippen LogP contribution in [0.3, 0.4) is 0 Å². The molecule has 0 fully saturated rings. The van der Waals surface area contributed by atoms with Crippen LogP contribution in [-0.4, -0.2) is 139 Å². The predicted octanol–water partition coefficient (Wildman–Crippen LogP) is 7.44. The zero-order valence-corrected chi connectivity index (χ0v) is 42.4. The van der Waals surface area contributed by atoms with Crippen molar-refractivity contribution >= 4 is 82.5 Å². The summed E-state index contributed by atoms with van der Waals surface area (Å²) in [5, 5.41) is 92.4. The fourth-order valence-electron chi connectivity index (χ4n) is 6.48. The SMILES string of the molecule is O=C(O)c1ccnc(-c2cc(C(=O)O)cc(-c3cc(C(=O)O)cc(-c4cc(C(=O)O)ccn4)n3)n2)c1.O=C(O)c1ccnc(-c2cc(C(=O)O)cc(-c3cc(C(=O)O)cc(-c4cc(C(=O)O)ccn4)n3)n2)c1.[N-]=C=S.[N-]=C=S.[Ru+2]. The molecule has 0 radical (unpaired) electrons. The van der Waals surface area contributed by atoms with Crippen molar-refractivity contribution in [2.24, 2.45) is 0 Å². The van der Waals surface area contributed by atoms with Crippen LogP contribution in [0.15, 0.2) is 122 Å². The molecule has 0 saturated carbocycles. The van der Waals surface area contributed by atoms with Crippen molar-refractivity contribution in [2.75, 3.05) is 0 Å². The molecular weight excluding hydrogens is 1160 g/mol. The van der Waals surface area contributed by atoms with Crippen molar-refractivity contribution in [3.8, 4) is 68.3 Å². The number of thiocarbonyl (C=S) groups is 2. The van der Waals surface area contributed by atoms with Gasteiger partial charge < -0.3 is 51.7 Å². The molecule has 29 heteroatoms. The van der Waals surface area contributed by atoms with Crippen molar-refractivity contribution in [1.82, 2.24) is 39.9 Å². The monoisotopic (exact) mass is 1190 g/mol. The number of carbonyl (C=O) groups is 8. The van der Waals surface area contributed by atoms with E-state index in [4.69, 9.17) is 10.8 Å². The Morgan fingerprint density at radius 2 is 0.418 bits per heavy atom. The normalized spacial score (nSPS) is 9.82. The number of rotatable bonds is 14. The van der Waals surface area contributed by atoms with Crippen LogP contribution in [0.25, 0.3) is 79.1 Å². The number of isothiocyanates is 2. The number of aromatic carboxylic acids is 8. The largest absolute Gasteiger partial charge is 2.00 e. The van der Waals surface area contributed by atoms with Gasteiger partial charge in [-0.25, -0.2) is 58.3 Å². The molecule has 0 amide bonds. The van der Waals surface area contributed by atoms with E-state index in [2.05, 4.69) is 64.3 Å². The molecule has 79 heavy (non-hydrogen) atoms. The smallest absolute Gasteiger partial charge is 0.753 e. The minimum absolute atomic E-state index is 0. The van der Waals surface area contributed by atoms with Crippen LogP contribution in [0.4, 0.5) is 0 Å².